The van der Waals surface area contributed by atoms with Gasteiger partial charge in [0, 0.05) is 44.0 Å². The predicted octanol–water partition coefficient (Wildman–Crippen LogP) is 2.18. The molecule has 2 saturated heterocycles. The second kappa shape index (κ2) is 16.9. The average molecular weight is 749 g/mol. The molecule has 3 aliphatic rings. The van der Waals surface area contributed by atoms with Crippen molar-refractivity contribution in [3.05, 3.63) is 35.4 Å². The minimum atomic E-state index is -1.96. The second-order valence-corrected chi connectivity index (χ2v) is 15.9. The van der Waals surface area contributed by atoms with Gasteiger partial charge in [-0.25, -0.2) is 0 Å². The number of ketones is 1. The number of rotatable bonds is 8. The number of carbonyl (C=O) groups is 4. The van der Waals surface area contributed by atoms with Crippen molar-refractivity contribution in [3.63, 3.8) is 0 Å². The lowest BCUT2D eigenvalue weighted by atomic mass is 9.74. The van der Waals surface area contributed by atoms with Crippen LogP contribution >= 0.6 is 0 Å². The number of Topliss-reactive ketones (excluding diaryl/α,β-unsaturated/α-hetero) is 1. The summed E-state index contributed by atoms with van der Waals surface area (Å²) in [6, 6.07) is 6.14. The quantitative estimate of drug-likeness (QED) is 0.224. The van der Waals surface area contributed by atoms with E-state index in [2.05, 4.69) is 0 Å². The Bertz CT molecular complexity index is 1450. The number of benzene rings is 1. The minimum absolute atomic E-state index is 0.0568. The molecular formula is C39H60N2O12. The van der Waals surface area contributed by atoms with Crippen LogP contribution in [-0.2, 0) is 28.5 Å². The van der Waals surface area contributed by atoms with Crippen molar-refractivity contribution in [1.29, 1.82) is 0 Å². The Morgan fingerprint density at radius 2 is 1.53 bits per heavy atom. The Hall–Kier alpha value is -2.82. The van der Waals surface area contributed by atoms with E-state index in [1.165, 1.54) is 32.8 Å². The highest BCUT2D eigenvalue weighted by atomic mass is 16.7. The first kappa shape index (κ1) is 42.9. The van der Waals surface area contributed by atoms with Crippen molar-refractivity contribution in [2.24, 2.45) is 23.7 Å². The van der Waals surface area contributed by atoms with Crippen molar-refractivity contribution < 1.29 is 58.6 Å². The van der Waals surface area contributed by atoms with E-state index in [0.29, 0.717) is 17.5 Å². The second-order valence-electron chi connectivity index (χ2n) is 15.9. The van der Waals surface area contributed by atoms with Crippen LogP contribution in [0.15, 0.2) is 24.3 Å². The molecule has 298 valence electrons. The number of nitrogens with zero attached hydrogens (tertiary/aromatic N) is 2. The number of methoxy groups -OCH3 is 1. The summed E-state index contributed by atoms with van der Waals surface area (Å²) in [5, 5.41) is 46.1. The van der Waals surface area contributed by atoms with Crippen LogP contribution < -0.4 is 0 Å². The molecule has 2 amide bonds. The Balaban J connectivity index is 1.61. The van der Waals surface area contributed by atoms with Crippen LogP contribution in [0, 0.1) is 23.7 Å². The largest absolute Gasteiger partial charge is 0.459 e. The number of ether oxygens (including phenoxy) is 4. The number of fused-ring (bicyclic) bond motifs is 1. The fraction of sp³-hybridized carbons (Fsp3) is 0.744. The van der Waals surface area contributed by atoms with Gasteiger partial charge in [0.2, 0.25) is 0 Å². The number of amides is 2. The number of aliphatic hydroxyl groups is 4. The first-order valence-electron chi connectivity index (χ1n) is 18.7. The topological polar surface area (TPSA) is 193 Å². The average Bonchev–Trinajstić information content (AvgIpc) is 3.37. The van der Waals surface area contributed by atoms with Crippen molar-refractivity contribution in [1.82, 2.24) is 9.80 Å². The molecule has 2 fully saturated rings. The van der Waals surface area contributed by atoms with E-state index in [1.807, 2.05) is 11.8 Å². The zero-order chi connectivity index (χ0) is 39.7. The predicted molar refractivity (Wildman–Crippen MR) is 193 cm³/mol. The van der Waals surface area contributed by atoms with Crippen molar-refractivity contribution in [2.75, 3.05) is 27.2 Å². The van der Waals surface area contributed by atoms with Gasteiger partial charge >= 0.3 is 5.97 Å². The van der Waals surface area contributed by atoms with Gasteiger partial charge < -0.3 is 39.4 Å². The van der Waals surface area contributed by atoms with E-state index in [0.717, 1.165) is 0 Å². The van der Waals surface area contributed by atoms with Crippen LogP contribution in [0.2, 0.25) is 0 Å². The normalized spacial score (nSPS) is 40.6. The molecule has 14 heteroatoms. The SMILES string of the molecule is CC[C@H]1OC(=O)[C@H](C)[C@@H](O)[C@H](C)[C@@H](O[C@@H]2O[C@H](C)C[C@H](N(C)CCN3C(=O)c4ccccc4C3=O)[C@H]2O)[C@@](C)(OC)C[C@@H](C)C(=O)[C@H](C)[C@@H](O)[C@]1(C)O. The van der Waals surface area contributed by atoms with Crippen LogP contribution in [0.1, 0.15) is 95.4 Å². The van der Waals surface area contributed by atoms with Gasteiger partial charge in [-0.2, -0.15) is 0 Å². The van der Waals surface area contributed by atoms with Gasteiger partial charge in [-0.3, -0.25) is 29.0 Å². The standard InChI is InChI=1S/C39H60N2O12/c1-11-28-39(8,49)32(45)22(4)29(42)20(2)19-38(7,50-10)33(23(5)30(43)24(6)36(48)52-28)53-37-31(44)27(18-21(3)51-37)40(9)16-17-41-34(46)25-14-12-13-15-26(25)35(41)47/h12-15,20-24,27-28,30-33,37,43-45,49H,11,16-19H2,1-10H3/t20-,21-,22+,23+,24-,27+,28-,30+,31-,32-,33-,37+,38+,39-/m1/s1. The number of hydrogen-bond acceptors (Lipinski definition) is 13. The molecule has 0 unspecified atom stereocenters. The summed E-state index contributed by atoms with van der Waals surface area (Å²) >= 11 is 0. The van der Waals surface area contributed by atoms with Crippen molar-refractivity contribution in [3.8, 4) is 0 Å². The molecule has 0 radical (unpaired) electrons. The lowest BCUT2D eigenvalue weighted by Gasteiger charge is -2.48. The number of esters is 1. The molecule has 0 bridgehead atoms. The highest BCUT2D eigenvalue weighted by Crippen LogP contribution is 2.39. The Morgan fingerprint density at radius 3 is 2.08 bits per heavy atom. The van der Waals surface area contributed by atoms with E-state index in [4.69, 9.17) is 18.9 Å². The monoisotopic (exact) mass is 748 g/mol. The molecule has 53 heavy (non-hydrogen) atoms. The third kappa shape index (κ3) is 8.55. The molecule has 3 aliphatic heterocycles. The lowest BCUT2D eigenvalue weighted by molar-refractivity contribution is -0.302. The summed E-state index contributed by atoms with van der Waals surface area (Å²) in [4.78, 5) is 56.3. The number of hydrogen-bond donors (Lipinski definition) is 4. The Morgan fingerprint density at radius 1 is 0.943 bits per heavy atom. The molecular weight excluding hydrogens is 688 g/mol. The molecule has 3 heterocycles. The van der Waals surface area contributed by atoms with E-state index >= 15 is 0 Å². The van der Waals surface area contributed by atoms with Gasteiger partial charge in [-0.15, -0.1) is 0 Å². The zero-order valence-corrected chi connectivity index (χ0v) is 32.7. The van der Waals surface area contributed by atoms with Gasteiger partial charge in [0.25, 0.3) is 11.8 Å². The van der Waals surface area contributed by atoms with Gasteiger partial charge in [-0.1, -0.05) is 39.8 Å². The lowest BCUT2D eigenvalue weighted by Crippen LogP contribution is -2.61. The third-order valence-corrected chi connectivity index (χ3v) is 12.0. The van der Waals surface area contributed by atoms with E-state index in [-0.39, 0.29) is 43.5 Å². The molecule has 0 spiro atoms. The smallest absolute Gasteiger partial charge is 0.311 e. The molecule has 1 aromatic rings. The molecule has 0 aliphatic carbocycles. The molecule has 4 rings (SSSR count). The Labute approximate surface area is 312 Å². The first-order valence-corrected chi connectivity index (χ1v) is 18.7. The fourth-order valence-corrected chi connectivity index (χ4v) is 8.38. The maximum Gasteiger partial charge on any atom is 0.311 e. The van der Waals surface area contributed by atoms with E-state index in [9.17, 15) is 39.6 Å². The summed E-state index contributed by atoms with van der Waals surface area (Å²) in [6.45, 7) is 13.3. The Kier molecular flexibility index (Phi) is 13.7. The summed E-state index contributed by atoms with van der Waals surface area (Å²) in [6.07, 6.45) is -7.46. The molecule has 4 N–H and O–H groups in total. The number of aliphatic hydroxyl groups excluding tert-OH is 3. The number of imide groups is 1. The molecule has 0 aromatic heterocycles. The first-order chi connectivity index (χ1) is 24.7. The highest BCUT2D eigenvalue weighted by molar-refractivity contribution is 6.21. The maximum absolute atomic E-state index is 13.8. The van der Waals surface area contributed by atoms with Crippen LogP contribution in [0.25, 0.3) is 0 Å². The summed E-state index contributed by atoms with van der Waals surface area (Å²) in [7, 11) is 3.23. The molecule has 0 saturated carbocycles. The number of cyclic esters (lactones) is 1. The summed E-state index contributed by atoms with van der Waals surface area (Å²) in [5.41, 5.74) is -2.56. The van der Waals surface area contributed by atoms with Crippen LogP contribution in [0.3, 0.4) is 0 Å². The highest BCUT2D eigenvalue weighted by Gasteiger charge is 2.52. The number of carbonyl (C=O) groups excluding carboxylic acids is 4. The van der Waals surface area contributed by atoms with Crippen LogP contribution in [-0.4, -0.2) is 141 Å². The molecule has 14 atom stereocenters. The molecule has 1 aromatic carbocycles. The van der Waals surface area contributed by atoms with E-state index < -0.39 is 89.8 Å². The van der Waals surface area contributed by atoms with Crippen molar-refractivity contribution >= 4 is 23.6 Å². The fourth-order valence-electron chi connectivity index (χ4n) is 8.38. The van der Waals surface area contributed by atoms with Gasteiger partial charge in [0.15, 0.2) is 6.29 Å². The van der Waals surface area contributed by atoms with E-state index in [1.54, 1.807) is 59.0 Å². The van der Waals surface area contributed by atoms with Gasteiger partial charge in [-0.05, 0) is 66.1 Å². The zero-order valence-electron chi connectivity index (χ0n) is 32.7. The van der Waals surface area contributed by atoms with Crippen LogP contribution in [0.4, 0.5) is 0 Å². The minimum Gasteiger partial charge on any atom is -0.459 e. The number of likely N-dealkylation sites (N-methyl/N-ethyl adjacent to an activating group) is 1. The summed E-state index contributed by atoms with van der Waals surface area (Å²) in [5.74, 6) is -5.65. The molecule has 14 nitrogen and oxygen atoms in total. The summed E-state index contributed by atoms with van der Waals surface area (Å²) < 4.78 is 24.6. The third-order valence-electron chi connectivity index (χ3n) is 12.0. The van der Waals surface area contributed by atoms with Gasteiger partial charge in [0.1, 0.15) is 23.6 Å². The van der Waals surface area contributed by atoms with Crippen LogP contribution in [0.5, 0.6) is 0 Å². The van der Waals surface area contributed by atoms with Crippen molar-refractivity contribution in [2.45, 2.75) is 135 Å². The maximum atomic E-state index is 13.8. The van der Waals surface area contributed by atoms with Gasteiger partial charge in [0.05, 0.1) is 47.1 Å².